The summed E-state index contributed by atoms with van der Waals surface area (Å²) in [7, 11) is -3.38. The van der Waals surface area contributed by atoms with Gasteiger partial charge < -0.3 is 0 Å². The topological polar surface area (TPSA) is 57.7 Å². The molecule has 5 nitrogen and oxygen atoms in total. The van der Waals surface area contributed by atoms with E-state index in [1.807, 2.05) is 4.90 Å². The number of carbonyl (C=O) groups is 1. The Balaban J connectivity index is 2.03. The minimum Gasteiger partial charge on any atom is -0.299 e. The average Bonchev–Trinajstić information content (AvgIpc) is 2.76. The standard InChI is InChI=1S/C11H15BrN2O3S2/c1-9(15)8-13-4-6-14(7-5-13)19(16,17)11-3-2-10(12)18-11/h2-3H,4-8H2,1H3. The van der Waals surface area contributed by atoms with Gasteiger partial charge in [-0.3, -0.25) is 9.69 Å². The normalized spacial score (nSPS) is 18.6. The van der Waals surface area contributed by atoms with E-state index in [0.29, 0.717) is 36.9 Å². The Morgan fingerprint density at radius 3 is 2.42 bits per heavy atom. The zero-order valence-corrected chi connectivity index (χ0v) is 13.7. The van der Waals surface area contributed by atoms with E-state index in [-0.39, 0.29) is 5.78 Å². The van der Waals surface area contributed by atoms with Crippen LogP contribution in [0.3, 0.4) is 0 Å². The van der Waals surface area contributed by atoms with Gasteiger partial charge >= 0.3 is 0 Å². The summed E-state index contributed by atoms with van der Waals surface area (Å²) in [6.45, 7) is 4.03. The molecule has 106 valence electrons. The molecule has 0 amide bonds. The molecule has 0 saturated carbocycles. The van der Waals surface area contributed by atoms with Crippen LogP contribution in [0.5, 0.6) is 0 Å². The largest absolute Gasteiger partial charge is 0.299 e. The van der Waals surface area contributed by atoms with Crippen molar-refractivity contribution in [2.24, 2.45) is 0 Å². The summed E-state index contributed by atoms with van der Waals surface area (Å²) in [5, 5.41) is 0. The van der Waals surface area contributed by atoms with Gasteiger partial charge in [0.2, 0.25) is 0 Å². The number of thiophene rings is 1. The highest BCUT2D eigenvalue weighted by Gasteiger charge is 2.29. The molecular formula is C11H15BrN2O3S2. The zero-order chi connectivity index (χ0) is 14.0. The second kappa shape index (κ2) is 6.01. The van der Waals surface area contributed by atoms with Crippen molar-refractivity contribution in [3.63, 3.8) is 0 Å². The van der Waals surface area contributed by atoms with E-state index < -0.39 is 10.0 Å². The van der Waals surface area contributed by atoms with Crippen LogP contribution in [0.25, 0.3) is 0 Å². The van der Waals surface area contributed by atoms with Crippen molar-refractivity contribution in [2.45, 2.75) is 11.1 Å². The average molecular weight is 367 g/mol. The number of ketones is 1. The van der Waals surface area contributed by atoms with Gasteiger partial charge in [-0.15, -0.1) is 11.3 Å². The van der Waals surface area contributed by atoms with E-state index in [2.05, 4.69) is 15.9 Å². The zero-order valence-electron chi connectivity index (χ0n) is 10.5. The Bertz CT molecular complexity index is 562. The molecule has 0 aliphatic carbocycles. The lowest BCUT2D eigenvalue weighted by molar-refractivity contribution is -0.118. The van der Waals surface area contributed by atoms with Crippen molar-refractivity contribution in [3.8, 4) is 0 Å². The molecule has 1 aromatic rings. The molecule has 0 atom stereocenters. The van der Waals surface area contributed by atoms with Gasteiger partial charge in [0.15, 0.2) is 0 Å². The summed E-state index contributed by atoms with van der Waals surface area (Å²) in [6, 6.07) is 3.36. The molecule has 1 aromatic heterocycles. The number of rotatable bonds is 4. The lowest BCUT2D eigenvalue weighted by Crippen LogP contribution is -2.49. The van der Waals surface area contributed by atoms with E-state index in [1.54, 1.807) is 19.1 Å². The van der Waals surface area contributed by atoms with Crippen LogP contribution in [0.1, 0.15) is 6.92 Å². The minimum atomic E-state index is -3.38. The second-order valence-electron chi connectivity index (χ2n) is 4.44. The Morgan fingerprint density at radius 2 is 1.95 bits per heavy atom. The predicted octanol–water partition coefficient (Wildman–Crippen LogP) is 1.41. The van der Waals surface area contributed by atoms with Gasteiger partial charge in [-0.05, 0) is 35.0 Å². The highest BCUT2D eigenvalue weighted by atomic mass is 79.9. The Morgan fingerprint density at radius 1 is 1.32 bits per heavy atom. The predicted molar refractivity (Wildman–Crippen MR) is 77.9 cm³/mol. The van der Waals surface area contributed by atoms with Crippen molar-refractivity contribution >= 4 is 43.1 Å². The van der Waals surface area contributed by atoms with Crippen LogP contribution in [-0.2, 0) is 14.8 Å². The van der Waals surface area contributed by atoms with Crippen LogP contribution in [0, 0.1) is 0 Å². The quantitative estimate of drug-likeness (QED) is 0.808. The number of piperazine rings is 1. The van der Waals surface area contributed by atoms with Crippen molar-refractivity contribution in [3.05, 3.63) is 15.9 Å². The molecule has 2 rings (SSSR count). The summed E-state index contributed by atoms with van der Waals surface area (Å²) >= 11 is 4.49. The first-order chi connectivity index (χ1) is 8.89. The van der Waals surface area contributed by atoms with Gasteiger partial charge in [0.1, 0.15) is 9.99 Å². The Kier molecular flexibility index (Phi) is 4.78. The molecule has 0 spiro atoms. The fourth-order valence-electron chi connectivity index (χ4n) is 2.01. The first-order valence-corrected chi connectivity index (χ1v) is 8.92. The van der Waals surface area contributed by atoms with Crippen LogP contribution in [-0.4, -0.2) is 56.1 Å². The lowest BCUT2D eigenvalue weighted by atomic mass is 10.3. The maximum Gasteiger partial charge on any atom is 0.252 e. The van der Waals surface area contributed by atoms with Crippen LogP contribution in [0.15, 0.2) is 20.1 Å². The summed E-state index contributed by atoms with van der Waals surface area (Å²) in [4.78, 5) is 13.0. The van der Waals surface area contributed by atoms with Crippen LogP contribution in [0.2, 0.25) is 0 Å². The molecular weight excluding hydrogens is 352 g/mol. The summed E-state index contributed by atoms with van der Waals surface area (Å²) in [5.41, 5.74) is 0. The van der Waals surface area contributed by atoms with Crippen molar-refractivity contribution in [1.82, 2.24) is 9.21 Å². The molecule has 19 heavy (non-hydrogen) atoms. The van der Waals surface area contributed by atoms with Gasteiger partial charge in [-0.25, -0.2) is 8.42 Å². The highest BCUT2D eigenvalue weighted by molar-refractivity contribution is 9.11. The third kappa shape index (κ3) is 3.63. The summed E-state index contributed by atoms with van der Waals surface area (Å²) < 4.78 is 27.4. The van der Waals surface area contributed by atoms with Crippen molar-refractivity contribution in [1.29, 1.82) is 0 Å². The number of nitrogens with zero attached hydrogens (tertiary/aromatic N) is 2. The minimum absolute atomic E-state index is 0.110. The van der Waals surface area contributed by atoms with Crippen molar-refractivity contribution < 1.29 is 13.2 Å². The molecule has 1 fully saturated rings. The van der Waals surface area contributed by atoms with E-state index in [9.17, 15) is 13.2 Å². The van der Waals surface area contributed by atoms with E-state index in [4.69, 9.17) is 0 Å². The molecule has 8 heteroatoms. The molecule has 1 aliphatic rings. The molecule has 0 bridgehead atoms. The Labute approximate surface area is 125 Å². The summed E-state index contributed by atoms with van der Waals surface area (Å²) in [6.07, 6.45) is 0. The van der Waals surface area contributed by atoms with E-state index in [0.717, 1.165) is 3.79 Å². The molecule has 0 N–H and O–H groups in total. The highest BCUT2D eigenvalue weighted by Crippen LogP contribution is 2.28. The number of Topliss-reactive ketones (excluding diaryl/α,β-unsaturated/α-hetero) is 1. The molecule has 1 saturated heterocycles. The molecule has 0 radical (unpaired) electrons. The molecule has 1 aliphatic heterocycles. The lowest BCUT2D eigenvalue weighted by Gasteiger charge is -2.32. The number of hydrogen-bond donors (Lipinski definition) is 0. The summed E-state index contributed by atoms with van der Waals surface area (Å²) in [5.74, 6) is 0.110. The third-order valence-electron chi connectivity index (χ3n) is 2.92. The van der Waals surface area contributed by atoms with Gasteiger partial charge in [0, 0.05) is 26.2 Å². The third-order valence-corrected chi connectivity index (χ3v) is 6.91. The second-order valence-corrected chi connectivity index (χ2v) is 9.07. The van der Waals surface area contributed by atoms with Gasteiger partial charge in [-0.1, -0.05) is 0 Å². The maximum atomic E-state index is 12.4. The number of carbonyl (C=O) groups excluding carboxylic acids is 1. The fourth-order valence-corrected chi connectivity index (χ4v) is 5.59. The number of halogens is 1. The van der Waals surface area contributed by atoms with Gasteiger partial charge in [0.25, 0.3) is 10.0 Å². The first-order valence-electron chi connectivity index (χ1n) is 5.87. The SMILES string of the molecule is CC(=O)CN1CCN(S(=O)(=O)c2ccc(Br)s2)CC1. The monoisotopic (exact) mass is 366 g/mol. The fraction of sp³-hybridized carbons (Fsp3) is 0.545. The Hall–Kier alpha value is -0.280. The number of sulfonamides is 1. The van der Waals surface area contributed by atoms with Gasteiger partial charge in [-0.2, -0.15) is 4.31 Å². The van der Waals surface area contributed by atoms with E-state index in [1.165, 1.54) is 15.6 Å². The first kappa shape index (κ1) is 15.1. The number of hydrogen-bond acceptors (Lipinski definition) is 5. The molecule has 0 unspecified atom stereocenters. The van der Waals surface area contributed by atoms with Gasteiger partial charge in [0.05, 0.1) is 10.3 Å². The van der Waals surface area contributed by atoms with Crippen molar-refractivity contribution in [2.75, 3.05) is 32.7 Å². The van der Waals surface area contributed by atoms with E-state index >= 15 is 0 Å². The molecule has 2 heterocycles. The molecule has 0 aromatic carbocycles. The maximum absolute atomic E-state index is 12.4. The van der Waals surface area contributed by atoms with Crippen LogP contribution >= 0.6 is 27.3 Å². The smallest absolute Gasteiger partial charge is 0.252 e. The van der Waals surface area contributed by atoms with Crippen LogP contribution in [0.4, 0.5) is 0 Å². The van der Waals surface area contributed by atoms with Crippen LogP contribution < -0.4 is 0 Å².